The zero-order valence-electron chi connectivity index (χ0n) is 11.7. The van der Waals surface area contributed by atoms with Gasteiger partial charge in [0.1, 0.15) is 0 Å². The van der Waals surface area contributed by atoms with E-state index >= 15 is 0 Å². The van der Waals surface area contributed by atoms with E-state index in [0.717, 1.165) is 11.5 Å². The number of hydrogen-bond acceptors (Lipinski definition) is 3. The maximum absolute atomic E-state index is 4.89. The van der Waals surface area contributed by atoms with Crippen molar-refractivity contribution in [2.24, 2.45) is 0 Å². The van der Waals surface area contributed by atoms with Crippen molar-refractivity contribution in [3.05, 3.63) is 48.4 Å². The van der Waals surface area contributed by atoms with Crippen molar-refractivity contribution in [1.29, 1.82) is 0 Å². The normalized spacial score (nSPS) is 9.78. The zero-order chi connectivity index (χ0) is 12.7. The molecule has 1 aromatic heterocycles. The molecule has 3 nitrogen and oxygen atoms in total. The predicted octanol–water partition coefficient (Wildman–Crippen LogP) is 0.272. The molecule has 2 aromatic rings. The van der Waals surface area contributed by atoms with E-state index in [4.69, 9.17) is 9.26 Å². The molecule has 0 aliphatic rings. The summed E-state index contributed by atoms with van der Waals surface area (Å²) in [6.07, 6.45) is 2.62. The Bertz CT molecular complexity index is 407. The summed E-state index contributed by atoms with van der Waals surface area (Å²) in [5, 5.41) is 3.49. The van der Waals surface area contributed by atoms with Gasteiger partial charge in [0.25, 0.3) is 0 Å². The van der Waals surface area contributed by atoms with Crippen LogP contribution < -0.4 is 56.1 Å². The average molecular weight is 270 g/mol. The van der Waals surface area contributed by atoms with E-state index in [0.29, 0.717) is 0 Å². The molecule has 0 spiro atoms. The number of benzene rings is 1. The van der Waals surface area contributed by atoms with E-state index in [9.17, 15) is 0 Å². The van der Waals surface area contributed by atoms with Crippen LogP contribution in [0.5, 0.6) is 5.75 Å². The summed E-state index contributed by atoms with van der Waals surface area (Å²) < 4.78 is 9.78. The number of nitrogens with zero attached hydrogens (tertiary/aromatic N) is 1. The van der Waals surface area contributed by atoms with E-state index < -0.39 is 0 Å². The first kappa shape index (κ1) is 17.9. The van der Waals surface area contributed by atoms with Gasteiger partial charge in [-0.25, -0.2) is 5.16 Å². The zero-order valence-corrected chi connectivity index (χ0v) is 14.8. The molecule has 0 radical (unpaired) electrons. The Kier molecular flexibility index (Phi) is 8.81. The van der Waals surface area contributed by atoms with Crippen LogP contribution in [0.4, 0.5) is 0 Å². The van der Waals surface area contributed by atoms with E-state index in [2.05, 4.69) is 38.2 Å². The summed E-state index contributed by atoms with van der Waals surface area (Å²) in [7, 11) is 1.64. The predicted molar refractivity (Wildman–Crippen MR) is 65.9 cm³/mol. The molecule has 0 aliphatic carbocycles. The van der Waals surface area contributed by atoms with Gasteiger partial charge in [-0.2, -0.15) is 24.3 Å². The summed E-state index contributed by atoms with van der Waals surface area (Å²) in [4.78, 5) is 0. The summed E-state index contributed by atoms with van der Waals surface area (Å²) in [5.74, 6) is 1.73. The summed E-state index contributed by atoms with van der Waals surface area (Å²) in [5.41, 5.74) is 0.0625. The molecule has 2 rings (SSSR count). The third-order valence-corrected chi connectivity index (χ3v) is 2.05. The fourth-order valence-corrected chi connectivity index (χ4v) is 1.04. The molecule has 0 fully saturated rings. The maximum atomic E-state index is 4.89. The van der Waals surface area contributed by atoms with Gasteiger partial charge in [0.15, 0.2) is 0 Å². The van der Waals surface area contributed by atoms with Gasteiger partial charge in [-0.15, -0.1) is 18.3 Å². The third kappa shape index (κ3) is 6.71. The van der Waals surface area contributed by atoms with Crippen LogP contribution in [0.1, 0.15) is 26.5 Å². The fraction of sp³-hybridized carbons (Fsp3) is 0.357. The molecular weight excluding hydrogens is 253 g/mol. The second kappa shape index (κ2) is 8.88. The molecule has 0 unspecified atom stereocenters. The second-order valence-electron chi connectivity index (χ2n) is 4.51. The minimum Gasteiger partial charge on any atom is -0.554 e. The summed E-state index contributed by atoms with van der Waals surface area (Å²) in [6, 6.07) is 12.1. The van der Waals surface area contributed by atoms with Crippen LogP contribution in [-0.2, 0) is 5.41 Å². The molecule has 18 heavy (non-hydrogen) atoms. The van der Waals surface area contributed by atoms with Crippen LogP contribution in [0.3, 0.4) is 0 Å². The van der Waals surface area contributed by atoms with Crippen molar-refractivity contribution in [2.75, 3.05) is 7.11 Å². The van der Waals surface area contributed by atoms with Crippen molar-refractivity contribution in [1.82, 2.24) is 5.16 Å². The van der Waals surface area contributed by atoms with Crippen molar-refractivity contribution in [3.8, 4) is 5.75 Å². The molecule has 1 aromatic carbocycles. The van der Waals surface area contributed by atoms with Gasteiger partial charge in [-0.05, 0) is 11.2 Å². The Morgan fingerprint density at radius 1 is 1.28 bits per heavy atom. The Morgan fingerprint density at radius 2 is 2.00 bits per heavy atom. The standard InChI is InChI=1S/C7H10NO.C7H7O.K/c1-7(2,3)6-4-5-8-9-6;1-8-7-5-3-2-4-6-7;/h4H,1-3H3;2-3,5-6H,1H3;/q2*-1;+1. The van der Waals surface area contributed by atoms with Gasteiger partial charge >= 0.3 is 51.4 Å². The Hall–Kier alpha value is -0.134. The van der Waals surface area contributed by atoms with Gasteiger partial charge in [-0.1, -0.05) is 20.8 Å². The number of ether oxygens (including phenoxy) is 1. The molecule has 0 atom stereocenters. The first-order valence-electron chi connectivity index (χ1n) is 5.37. The SMILES string of the molecule is CC(C)(C)c1c[c-]no1.COc1c[c-]ccc1.[K+]. The van der Waals surface area contributed by atoms with Crippen LogP contribution in [0.15, 0.2) is 34.9 Å². The molecule has 0 bridgehead atoms. The molecular formula is C14H17KNO2-. The van der Waals surface area contributed by atoms with Crippen LogP contribution in [0.2, 0.25) is 0 Å². The minimum atomic E-state index is 0. The van der Waals surface area contributed by atoms with Gasteiger partial charge in [0.2, 0.25) is 0 Å². The molecule has 92 valence electrons. The topological polar surface area (TPSA) is 35.3 Å². The first-order valence-corrected chi connectivity index (χ1v) is 5.37. The van der Waals surface area contributed by atoms with Gasteiger partial charge in [-0.3, -0.25) is 0 Å². The van der Waals surface area contributed by atoms with Crippen LogP contribution in [-0.4, -0.2) is 12.3 Å². The van der Waals surface area contributed by atoms with Gasteiger partial charge < -0.3 is 9.26 Å². The Balaban J connectivity index is 0.000000306. The maximum Gasteiger partial charge on any atom is 1.00 e. The number of methoxy groups -OCH3 is 1. The minimum absolute atomic E-state index is 0. The largest absolute Gasteiger partial charge is 1.00 e. The Morgan fingerprint density at radius 3 is 2.28 bits per heavy atom. The molecule has 0 amide bonds. The van der Waals surface area contributed by atoms with Crippen molar-refractivity contribution >= 4 is 0 Å². The van der Waals surface area contributed by atoms with Crippen molar-refractivity contribution < 1.29 is 60.6 Å². The van der Waals surface area contributed by atoms with E-state index in [1.165, 1.54) is 0 Å². The van der Waals surface area contributed by atoms with E-state index in [-0.39, 0.29) is 56.8 Å². The average Bonchev–Trinajstić information content (AvgIpc) is 2.84. The first-order chi connectivity index (χ1) is 8.04. The smallest absolute Gasteiger partial charge is 0.554 e. The molecule has 1 heterocycles. The summed E-state index contributed by atoms with van der Waals surface area (Å²) >= 11 is 0. The number of hydrogen-bond donors (Lipinski definition) is 0. The number of rotatable bonds is 1. The van der Waals surface area contributed by atoms with E-state index in [1.54, 1.807) is 19.2 Å². The third-order valence-electron chi connectivity index (χ3n) is 2.05. The van der Waals surface area contributed by atoms with Crippen LogP contribution in [0, 0.1) is 12.3 Å². The Labute approximate surface area is 151 Å². The molecule has 0 aliphatic heterocycles. The quantitative estimate of drug-likeness (QED) is 0.551. The van der Waals surface area contributed by atoms with Crippen LogP contribution in [0.25, 0.3) is 0 Å². The van der Waals surface area contributed by atoms with Crippen molar-refractivity contribution in [2.45, 2.75) is 26.2 Å². The fourth-order valence-electron chi connectivity index (χ4n) is 1.04. The number of aromatic nitrogens is 1. The molecule has 0 saturated heterocycles. The monoisotopic (exact) mass is 270 g/mol. The van der Waals surface area contributed by atoms with Crippen LogP contribution >= 0.6 is 0 Å². The van der Waals surface area contributed by atoms with Crippen molar-refractivity contribution in [3.63, 3.8) is 0 Å². The molecule has 4 heteroatoms. The summed E-state index contributed by atoms with van der Waals surface area (Å²) in [6.45, 7) is 6.21. The second-order valence-corrected chi connectivity index (χ2v) is 4.51. The van der Waals surface area contributed by atoms with Gasteiger partial charge in [0.05, 0.1) is 7.11 Å². The molecule has 0 saturated carbocycles. The molecule has 0 N–H and O–H groups in total. The van der Waals surface area contributed by atoms with Gasteiger partial charge in [0, 0.05) is 5.75 Å². The van der Waals surface area contributed by atoms with E-state index in [1.807, 2.05) is 18.2 Å².